The van der Waals surface area contributed by atoms with Crippen LogP contribution in [-0.2, 0) is 10.0 Å². The summed E-state index contributed by atoms with van der Waals surface area (Å²) in [5, 5.41) is 0. The van der Waals surface area contributed by atoms with Crippen molar-refractivity contribution >= 4 is 37.5 Å². The number of ether oxygens (including phenoxy) is 1. The number of carbonyl (C=O) groups excluding carboxylic acids is 1. The molecule has 1 saturated heterocycles. The normalized spacial score (nSPS) is 19.7. The van der Waals surface area contributed by atoms with Crippen molar-refractivity contribution in [2.45, 2.75) is 36.6 Å². The second-order valence-electron chi connectivity index (χ2n) is 7.06. The molecule has 1 atom stereocenters. The van der Waals surface area contributed by atoms with Gasteiger partial charge in [-0.1, -0.05) is 15.9 Å². The van der Waals surface area contributed by atoms with Gasteiger partial charge in [-0.15, -0.1) is 0 Å². The van der Waals surface area contributed by atoms with Gasteiger partial charge in [-0.2, -0.15) is 0 Å². The molecule has 2 aromatic rings. The Hall–Kier alpha value is -2.06. The smallest absolute Gasteiger partial charge is 0.261 e. The van der Waals surface area contributed by atoms with Crippen LogP contribution in [0.2, 0.25) is 0 Å². The third-order valence-corrected chi connectivity index (χ3v) is 7.11. The number of nitrogens with one attached hydrogen (secondary N) is 1. The van der Waals surface area contributed by atoms with Crippen molar-refractivity contribution in [3.8, 4) is 5.75 Å². The summed E-state index contributed by atoms with van der Waals surface area (Å²) in [7, 11) is -3.75. The number of hydrogen-bond donors (Lipinski definition) is 1. The quantitative estimate of drug-likeness (QED) is 0.743. The molecule has 2 aliphatic rings. The summed E-state index contributed by atoms with van der Waals surface area (Å²) in [4.78, 5) is 15.2. The fraction of sp³-hybridized carbons (Fsp3) is 0.350. The Kier molecular flexibility index (Phi) is 5.33. The summed E-state index contributed by atoms with van der Waals surface area (Å²) in [6.07, 6.45) is 3.92. The summed E-state index contributed by atoms with van der Waals surface area (Å²) in [6, 6.07) is 11.4. The zero-order valence-corrected chi connectivity index (χ0v) is 17.6. The molecule has 0 aliphatic carbocycles. The lowest BCUT2D eigenvalue weighted by atomic mass is 9.97. The van der Waals surface area contributed by atoms with Crippen molar-refractivity contribution in [3.63, 3.8) is 0 Å². The van der Waals surface area contributed by atoms with Crippen molar-refractivity contribution in [3.05, 3.63) is 52.5 Å². The summed E-state index contributed by atoms with van der Waals surface area (Å²) in [5.74, 6) is 0.407. The van der Waals surface area contributed by atoms with Gasteiger partial charge < -0.3 is 9.64 Å². The summed E-state index contributed by atoms with van der Waals surface area (Å²) in [5.41, 5.74) is 0.746. The number of halogens is 1. The average Bonchev–Trinajstić information content (AvgIpc) is 2.68. The third-order valence-electron chi connectivity index (χ3n) is 5.18. The maximum Gasteiger partial charge on any atom is 0.261 e. The predicted octanol–water partition coefficient (Wildman–Crippen LogP) is 4.03. The van der Waals surface area contributed by atoms with E-state index in [0.29, 0.717) is 23.6 Å². The van der Waals surface area contributed by atoms with Crippen LogP contribution in [0.15, 0.2) is 51.8 Å². The van der Waals surface area contributed by atoms with Crippen LogP contribution in [0.25, 0.3) is 0 Å². The predicted molar refractivity (Wildman–Crippen MR) is 110 cm³/mol. The van der Waals surface area contributed by atoms with E-state index in [0.717, 1.165) is 36.7 Å². The summed E-state index contributed by atoms with van der Waals surface area (Å²) in [6.45, 7) is 1.28. The number of piperidine rings is 1. The van der Waals surface area contributed by atoms with Gasteiger partial charge in [-0.3, -0.25) is 9.52 Å². The summed E-state index contributed by atoms with van der Waals surface area (Å²) < 4.78 is 34.5. The van der Waals surface area contributed by atoms with Gasteiger partial charge in [0.1, 0.15) is 5.75 Å². The molecule has 28 heavy (non-hydrogen) atoms. The SMILES string of the molecule is O=C1c2cc(NS(=O)(=O)c3ccc(Br)cc3)ccc2OCCC2CCCCN12. The molecule has 1 amide bonds. The molecule has 4 rings (SSSR count). The molecule has 0 saturated carbocycles. The van der Waals surface area contributed by atoms with E-state index in [4.69, 9.17) is 4.74 Å². The van der Waals surface area contributed by atoms with Gasteiger partial charge in [0.25, 0.3) is 15.9 Å². The zero-order valence-electron chi connectivity index (χ0n) is 15.2. The topological polar surface area (TPSA) is 75.7 Å². The van der Waals surface area contributed by atoms with Crippen LogP contribution < -0.4 is 9.46 Å². The van der Waals surface area contributed by atoms with E-state index in [1.54, 1.807) is 30.3 Å². The van der Waals surface area contributed by atoms with Crippen molar-refractivity contribution < 1.29 is 17.9 Å². The molecule has 2 heterocycles. The maximum atomic E-state index is 13.1. The molecule has 1 fully saturated rings. The molecule has 1 N–H and O–H groups in total. The van der Waals surface area contributed by atoms with Crippen LogP contribution in [0, 0.1) is 0 Å². The second kappa shape index (κ2) is 7.75. The fourth-order valence-corrected chi connectivity index (χ4v) is 5.06. The molecule has 0 radical (unpaired) electrons. The van der Waals surface area contributed by atoms with Crippen LogP contribution in [0.1, 0.15) is 36.0 Å². The van der Waals surface area contributed by atoms with Gasteiger partial charge in [0.2, 0.25) is 0 Å². The van der Waals surface area contributed by atoms with Gasteiger partial charge in [0, 0.05) is 29.2 Å². The van der Waals surface area contributed by atoms with E-state index in [9.17, 15) is 13.2 Å². The first-order valence-corrected chi connectivity index (χ1v) is 11.6. The Labute approximate surface area is 173 Å². The van der Waals surface area contributed by atoms with Crippen LogP contribution in [0.3, 0.4) is 0 Å². The van der Waals surface area contributed by atoms with Gasteiger partial charge in [-0.25, -0.2) is 8.42 Å². The minimum absolute atomic E-state index is 0.0934. The number of anilines is 1. The van der Waals surface area contributed by atoms with E-state index in [2.05, 4.69) is 20.7 Å². The second-order valence-corrected chi connectivity index (χ2v) is 9.65. The molecular weight excluding hydrogens is 444 g/mol. The molecule has 0 bridgehead atoms. The van der Waals surface area contributed by atoms with Crippen LogP contribution in [0.4, 0.5) is 5.69 Å². The maximum absolute atomic E-state index is 13.1. The molecule has 6 nitrogen and oxygen atoms in total. The van der Waals surface area contributed by atoms with Crippen molar-refractivity contribution in [1.29, 1.82) is 0 Å². The molecule has 1 unspecified atom stereocenters. The monoisotopic (exact) mass is 464 g/mol. The Morgan fingerprint density at radius 3 is 2.64 bits per heavy atom. The lowest BCUT2D eigenvalue weighted by Gasteiger charge is -2.37. The number of rotatable bonds is 3. The van der Waals surface area contributed by atoms with Gasteiger partial charge in [-0.05, 0) is 61.7 Å². The Bertz CT molecular complexity index is 992. The third kappa shape index (κ3) is 3.89. The van der Waals surface area contributed by atoms with E-state index >= 15 is 0 Å². The fourth-order valence-electron chi connectivity index (χ4n) is 3.74. The molecular formula is C20H21BrN2O4S. The highest BCUT2D eigenvalue weighted by molar-refractivity contribution is 9.10. The highest BCUT2D eigenvalue weighted by Crippen LogP contribution is 2.31. The van der Waals surface area contributed by atoms with Crippen LogP contribution >= 0.6 is 15.9 Å². The first kappa shape index (κ1) is 19.3. The standard InChI is InChI=1S/C20H21BrN2O4S/c21-14-4-7-17(8-5-14)28(25,26)22-15-6-9-19-18(13-15)20(24)23-11-2-1-3-16(23)10-12-27-19/h4-9,13,16,22H,1-3,10-12H2. The lowest BCUT2D eigenvalue weighted by Crippen LogP contribution is -2.45. The molecule has 2 aromatic carbocycles. The molecule has 148 valence electrons. The first-order valence-electron chi connectivity index (χ1n) is 9.30. The number of benzene rings is 2. The summed E-state index contributed by atoms with van der Waals surface area (Å²) >= 11 is 3.30. The highest BCUT2D eigenvalue weighted by Gasteiger charge is 2.31. The van der Waals surface area contributed by atoms with E-state index < -0.39 is 10.0 Å². The van der Waals surface area contributed by atoms with Crippen LogP contribution in [-0.4, -0.2) is 38.4 Å². The van der Waals surface area contributed by atoms with E-state index in [1.165, 1.54) is 12.1 Å². The largest absolute Gasteiger partial charge is 0.493 e. The minimum Gasteiger partial charge on any atom is -0.493 e. The molecule has 2 aliphatic heterocycles. The zero-order chi connectivity index (χ0) is 19.7. The number of hydrogen-bond acceptors (Lipinski definition) is 4. The van der Waals surface area contributed by atoms with Gasteiger partial charge in [0.15, 0.2) is 0 Å². The van der Waals surface area contributed by atoms with E-state index in [-0.39, 0.29) is 16.8 Å². The van der Waals surface area contributed by atoms with E-state index in [1.807, 2.05) is 4.90 Å². The minimum atomic E-state index is -3.75. The van der Waals surface area contributed by atoms with Crippen molar-refractivity contribution in [2.24, 2.45) is 0 Å². The molecule has 8 heteroatoms. The Balaban J connectivity index is 1.64. The molecule has 0 aromatic heterocycles. The first-order chi connectivity index (χ1) is 13.4. The van der Waals surface area contributed by atoms with Crippen molar-refractivity contribution in [2.75, 3.05) is 17.9 Å². The Morgan fingerprint density at radius 2 is 1.86 bits per heavy atom. The van der Waals surface area contributed by atoms with Gasteiger partial charge >= 0.3 is 0 Å². The Morgan fingerprint density at radius 1 is 1.07 bits per heavy atom. The lowest BCUT2D eigenvalue weighted by molar-refractivity contribution is 0.0548. The number of sulfonamides is 1. The van der Waals surface area contributed by atoms with Crippen LogP contribution in [0.5, 0.6) is 5.75 Å². The number of nitrogens with zero attached hydrogens (tertiary/aromatic N) is 1. The highest BCUT2D eigenvalue weighted by atomic mass is 79.9. The van der Waals surface area contributed by atoms with Gasteiger partial charge in [0.05, 0.1) is 17.1 Å². The van der Waals surface area contributed by atoms with Crippen molar-refractivity contribution in [1.82, 2.24) is 4.90 Å². The molecule has 0 spiro atoms. The number of fused-ring (bicyclic) bond motifs is 2. The number of carbonyl (C=O) groups is 1. The number of amides is 1. The average molecular weight is 465 g/mol.